The molecular formula is C21H27ClN2O. The quantitative estimate of drug-likeness (QED) is 0.453. The lowest BCUT2D eigenvalue weighted by molar-refractivity contribution is -0.923. The number of carbonyl (C=O) groups excluding carboxylic acids is 1. The lowest BCUT2D eigenvalue weighted by Gasteiger charge is -2.51. The first-order chi connectivity index (χ1) is 11.1. The van der Waals surface area contributed by atoms with Crippen LogP contribution < -0.4 is 17.7 Å². The highest BCUT2D eigenvalue weighted by Gasteiger charge is 2.67. The zero-order valence-electron chi connectivity index (χ0n) is 14.2. The number of nitrogens with zero attached hydrogens (tertiary/aromatic N) is 1. The fraction of sp³-hybridized carbons (Fsp3) is 0.476. The van der Waals surface area contributed by atoms with Crippen LogP contribution in [0.4, 0.5) is 5.69 Å². The number of allylic oxidation sites excluding steroid dienone is 2. The molecule has 4 aliphatic rings. The number of fused-ring (bicyclic) bond motifs is 2. The minimum atomic E-state index is 0. The van der Waals surface area contributed by atoms with Gasteiger partial charge >= 0.3 is 0 Å². The number of carbonyl (C=O) groups is 1. The number of piperidine rings is 1. The van der Waals surface area contributed by atoms with Crippen LogP contribution in [-0.2, 0) is 10.2 Å². The summed E-state index contributed by atoms with van der Waals surface area (Å²) in [6, 6.07) is 9.27. The fourth-order valence-electron chi connectivity index (χ4n) is 6.07. The summed E-state index contributed by atoms with van der Waals surface area (Å²) >= 11 is 0. The Hall–Kier alpha value is -1.58. The van der Waals surface area contributed by atoms with Gasteiger partial charge in [0.25, 0.3) is 0 Å². The van der Waals surface area contributed by atoms with Crippen LogP contribution in [0.1, 0.15) is 32.8 Å². The molecule has 3 heterocycles. The van der Waals surface area contributed by atoms with Gasteiger partial charge in [0.05, 0.1) is 19.0 Å². The summed E-state index contributed by atoms with van der Waals surface area (Å²) in [6.45, 7) is 4.42. The number of rotatable bonds is 1. The molecule has 1 aromatic carbocycles. The number of nitrogens with one attached hydrogen (secondary N) is 1. The number of quaternary nitrogens is 1. The molecule has 0 aromatic heterocycles. The number of benzene rings is 1. The van der Waals surface area contributed by atoms with Crippen LogP contribution in [0.25, 0.3) is 0 Å². The van der Waals surface area contributed by atoms with E-state index in [9.17, 15) is 4.79 Å². The summed E-state index contributed by atoms with van der Waals surface area (Å²) < 4.78 is 1.13. The van der Waals surface area contributed by atoms with Gasteiger partial charge in [-0.25, -0.2) is 0 Å². The zero-order chi connectivity index (χ0) is 15.8. The van der Waals surface area contributed by atoms with Crippen molar-refractivity contribution in [3.8, 4) is 0 Å². The second-order valence-electron chi connectivity index (χ2n) is 7.87. The van der Waals surface area contributed by atoms with E-state index in [0.29, 0.717) is 12.0 Å². The normalized spacial score (nSPS) is 38.2. The molecule has 4 atom stereocenters. The van der Waals surface area contributed by atoms with Gasteiger partial charge in [-0.05, 0) is 24.1 Å². The van der Waals surface area contributed by atoms with Gasteiger partial charge in [0.2, 0.25) is 0 Å². The standard InChI is InChI=1S/C20H22N2O.CH4.ClH/c1-3-13-11-22(2)9-8-20-16-6-4-5-7-17(16)21-19(20)15(12-23)14(13)10-18(20)22;;/h3-7,12,14,18H,8-11H2,1-2H3;1H4;1H/b13-3+;;/t14-,18-,20+,22?;;/m0../s1. The third kappa shape index (κ3) is 1.94. The van der Waals surface area contributed by atoms with E-state index in [1.807, 2.05) is 0 Å². The maximum Gasteiger partial charge on any atom is 0.148 e. The molecule has 4 heteroatoms. The maximum absolute atomic E-state index is 12.0. The van der Waals surface area contributed by atoms with Gasteiger partial charge in [0, 0.05) is 35.7 Å². The number of anilines is 1. The molecule has 2 bridgehead atoms. The van der Waals surface area contributed by atoms with Gasteiger partial charge in [0.1, 0.15) is 18.9 Å². The number of hydrogen-bond acceptors (Lipinski definition) is 2. The monoisotopic (exact) mass is 358 g/mol. The molecule has 1 aliphatic carbocycles. The van der Waals surface area contributed by atoms with Crippen molar-refractivity contribution in [2.45, 2.75) is 38.6 Å². The van der Waals surface area contributed by atoms with Crippen molar-refractivity contribution in [2.24, 2.45) is 5.92 Å². The molecule has 1 N–H and O–H groups in total. The molecule has 5 rings (SSSR count). The van der Waals surface area contributed by atoms with Crippen LogP contribution in [0.5, 0.6) is 0 Å². The van der Waals surface area contributed by atoms with Crippen molar-refractivity contribution in [3.63, 3.8) is 0 Å². The Kier molecular flexibility index (Phi) is 4.17. The van der Waals surface area contributed by atoms with E-state index in [2.05, 4.69) is 49.6 Å². The molecule has 134 valence electrons. The van der Waals surface area contributed by atoms with Gasteiger partial charge in [-0.1, -0.05) is 31.7 Å². The Morgan fingerprint density at radius 3 is 2.80 bits per heavy atom. The Labute approximate surface area is 156 Å². The first-order valence-corrected chi connectivity index (χ1v) is 8.70. The average Bonchev–Trinajstić information content (AvgIpc) is 3.08. The minimum Gasteiger partial charge on any atom is -1.00 e. The molecule has 2 saturated heterocycles. The summed E-state index contributed by atoms with van der Waals surface area (Å²) in [5, 5.41) is 3.66. The molecule has 3 aliphatic heterocycles. The van der Waals surface area contributed by atoms with Gasteiger partial charge in [-0.3, -0.25) is 4.79 Å². The SMILES string of the molecule is C.C/C=C1\C[N+]2(C)CC[C@]34C(=C(C=O)[C@H]1C[C@@H]32)Nc1ccccc14.[Cl-]. The highest BCUT2D eigenvalue weighted by molar-refractivity contribution is 5.84. The Bertz CT molecular complexity index is 799. The highest BCUT2D eigenvalue weighted by atomic mass is 35.5. The summed E-state index contributed by atoms with van der Waals surface area (Å²) in [4.78, 5) is 12.0. The van der Waals surface area contributed by atoms with Crippen LogP contribution in [0.15, 0.2) is 47.2 Å². The van der Waals surface area contributed by atoms with Gasteiger partial charge in [-0.2, -0.15) is 0 Å². The summed E-state index contributed by atoms with van der Waals surface area (Å²) in [7, 11) is 2.42. The Morgan fingerprint density at radius 2 is 2.08 bits per heavy atom. The van der Waals surface area contributed by atoms with Crippen LogP contribution in [0.3, 0.4) is 0 Å². The molecule has 0 radical (unpaired) electrons. The Morgan fingerprint density at radius 1 is 1.32 bits per heavy atom. The zero-order valence-corrected chi connectivity index (χ0v) is 14.9. The van der Waals surface area contributed by atoms with E-state index < -0.39 is 0 Å². The van der Waals surface area contributed by atoms with E-state index in [-0.39, 0.29) is 25.2 Å². The lowest BCUT2D eigenvalue weighted by Crippen LogP contribution is -3.00. The third-order valence-electron chi connectivity index (χ3n) is 7.06. The minimum absolute atomic E-state index is 0. The topological polar surface area (TPSA) is 29.1 Å². The maximum atomic E-state index is 12.0. The van der Waals surface area contributed by atoms with Crippen LogP contribution in [-0.4, -0.2) is 36.9 Å². The predicted octanol–water partition coefficient (Wildman–Crippen LogP) is 0.642. The van der Waals surface area contributed by atoms with E-state index in [4.69, 9.17) is 0 Å². The first kappa shape index (κ1) is 18.2. The molecule has 2 fully saturated rings. The molecule has 0 amide bonds. The van der Waals surface area contributed by atoms with E-state index >= 15 is 0 Å². The first-order valence-electron chi connectivity index (χ1n) is 8.70. The smallest absolute Gasteiger partial charge is 0.148 e. The number of hydrogen-bond donors (Lipinski definition) is 1. The number of halogens is 1. The average molecular weight is 359 g/mol. The molecule has 3 nitrogen and oxygen atoms in total. The van der Waals surface area contributed by atoms with E-state index in [1.54, 1.807) is 0 Å². The van der Waals surface area contributed by atoms with Crippen LogP contribution in [0, 0.1) is 5.92 Å². The lowest BCUT2D eigenvalue weighted by atomic mass is 9.61. The van der Waals surface area contributed by atoms with Crippen LogP contribution in [0.2, 0.25) is 0 Å². The number of likely N-dealkylation sites (N-methyl/N-ethyl adjacent to an activating group) is 1. The molecule has 1 unspecified atom stereocenters. The molecular weight excluding hydrogens is 332 g/mol. The van der Waals surface area contributed by atoms with E-state index in [1.165, 1.54) is 29.1 Å². The van der Waals surface area contributed by atoms with Crippen molar-refractivity contribution < 1.29 is 21.7 Å². The number of para-hydroxylation sites is 1. The van der Waals surface area contributed by atoms with Gasteiger partial charge in [-0.15, -0.1) is 0 Å². The third-order valence-corrected chi connectivity index (χ3v) is 7.06. The van der Waals surface area contributed by atoms with Gasteiger partial charge < -0.3 is 22.2 Å². The van der Waals surface area contributed by atoms with Crippen molar-refractivity contribution in [3.05, 3.63) is 52.7 Å². The predicted molar refractivity (Wildman–Crippen MR) is 97.8 cm³/mol. The largest absolute Gasteiger partial charge is 1.00 e. The highest BCUT2D eigenvalue weighted by Crippen LogP contribution is 2.62. The molecule has 25 heavy (non-hydrogen) atoms. The van der Waals surface area contributed by atoms with Gasteiger partial charge in [0.15, 0.2) is 0 Å². The summed E-state index contributed by atoms with van der Waals surface area (Å²) in [5.41, 5.74) is 6.35. The van der Waals surface area contributed by atoms with Crippen molar-refractivity contribution >= 4 is 12.0 Å². The molecule has 0 saturated carbocycles. The fourth-order valence-corrected chi connectivity index (χ4v) is 6.07. The van der Waals surface area contributed by atoms with Crippen molar-refractivity contribution in [1.82, 2.24) is 0 Å². The Balaban J connectivity index is 0.000000911. The summed E-state index contributed by atoms with van der Waals surface area (Å²) in [5.74, 6) is 0.316. The molecule has 1 spiro atoms. The second-order valence-corrected chi connectivity index (χ2v) is 7.87. The molecule has 1 aromatic rings. The number of aldehydes is 1. The summed E-state index contributed by atoms with van der Waals surface area (Å²) in [6.07, 6.45) is 5.65. The second kappa shape index (κ2) is 5.72. The van der Waals surface area contributed by atoms with Crippen molar-refractivity contribution in [2.75, 3.05) is 25.5 Å². The van der Waals surface area contributed by atoms with Crippen molar-refractivity contribution in [1.29, 1.82) is 0 Å². The van der Waals surface area contributed by atoms with E-state index in [0.717, 1.165) is 35.7 Å². The van der Waals surface area contributed by atoms with Crippen LogP contribution >= 0.6 is 0 Å².